The molecule has 0 bridgehead atoms. The molecule has 0 radical (unpaired) electrons. The first-order valence-electron chi connectivity index (χ1n) is 3.33. The molecule has 82 valence electrons. The Morgan fingerprint density at radius 2 is 1.75 bits per heavy atom. The number of benzene rings is 1. The Kier molecular flexibility index (Phi) is 5.67. The second kappa shape index (κ2) is 5.63. The van der Waals surface area contributed by atoms with Crippen LogP contribution in [0.1, 0.15) is 0 Å². The molecular weight excluding hydrogens is 292 g/mol. The molecule has 0 atom stereocenters. The van der Waals surface area contributed by atoms with Crippen molar-refractivity contribution in [3.63, 3.8) is 0 Å². The summed E-state index contributed by atoms with van der Waals surface area (Å²) in [5.74, 6) is 0. The van der Waals surface area contributed by atoms with Crippen molar-refractivity contribution in [2.45, 2.75) is 4.90 Å². The van der Waals surface area contributed by atoms with Crippen LogP contribution in [0, 0.1) is 10.1 Å². The molecule has 0 saturated heterocycles. The zero-order valence-electron chi connectivity index (χ0n) is 7.81. The topological polar surface area (TPSA) is 100 Å². The molecule has 0 spiro atoms. The van der Waals surface area contributed by atoms with Gasteiger partial charge in [-0.25, -0.2) is 8.42 Å². The van der Waals surface area contributed by atoms with Gasteiger partial charge < -0.3 is 4.55 Å². The van der Waals surface area contributed by atoms with Gasteiger partial charge in [0, 0.05) is 6.07 Å². The Morgan fingerprint density at radius 1 is 1.25 bits per heavy atom. The van der Waals surface area contributed by atoms with E-state index in [2.05, 4.69) is 0 Å². The molecule has 0 aliphatic carbocycles. The normalized spacial score (nSPS) is 10.7. The van der Waals surface area contributed by atoms with Crippen LogP contribution in [0.3, 0.4) is 0 Å². The molecule has 0 heterocycles. The average molecular weight is 294 g/mol. The Morgan fingerprint density at radius 3 is 2.12 bits per heavy atom. The van der Waals surface area contributed by atoms with Crippen molar-refractivity contribution in [2.75, 3.05) is 0 Å². The van der Waals surface area contributed by atoms with Crippen molar-refractivity contribution in [3.8, 4) is 0 Å². The van der Waals surface area contributed by atoms with Gasteiger partial charge in [-0.3, -0.25) is 10.1 Å². The predicted molar refractivity (Wildman–Crippen MR) is 51.1 cm³/mol. The van der Waals surface area contributed by atoms with Gasteiger partial charge in [-0.2, -0.15) is 0 Å². The molecule has 1 aromatic rings. The fraction of sp³-hybridized carbons (Fsp3) is 0. The summed E-state index contributed by atoms with van der Waals surface area (Å²) in [6, 6.07) is 1.84. The molecule has 0 unspecified atom stereocenters. The van der Waals surface area contributed by atoms with Crippen molar-refractivity contribution in [1.82, 2.24) is 0 Å². The standard InChI is InChI=1S/C6H3Cl2NO5S.Na/c7-3-1-2-4(9(10)11)5(8)6(3)15(12,13)14;/h1-2H,(H,12,13,14);/q;+1/p-1. The maximum absolute atomic E-state index is 10.7. The van der Waals surface area contributed by atoms with Crippen molar-refractivity contribution in [1.29, 1.82) is 0 Å². The van der Waals surface area contributed by atoms with Gasteiger partial charge in [-0.05, 0) is 6.07 Å². The number of halogens is 2. The van der Waals surface area contributed by atoms with Gasteiger partial charge in [0.05, 0.1) is 14.8 Å². The molecular formula is C6H2Cl2NNaO5S. The first-order valence-corrected chi connectivity index (χ1v) is 5.50. The number of hydrogen-bond donors (Lipinski definition) is 0. The fourth-order valence-corrected chi connectivity index (χ4v) is 2.53. The maximum atomic E-state index is 10.7. The quantitative estimate of drug-likeness (QED) is 0.295. The summed E-state index contributed by atoms with van der Waals surface area (Å²) in [7, 11) is -4.94. The zero-order chi connectivity index (χ0) is 11.8. The second-order valence-electron chi connectivity index (χ2n) is 2.42. The SMILES string of the molecule is O=[N+]([O-])c1ccc(Cl)c(S(=O)(=O)[O-])c1Cl.[Na+]. The third-order valence-corrected chi connectivity index (χ3v) is 3.32. The van der Waals surface area contributed by atoms with Crippen molar-refractivity contribution in [2.24, 2.45) is 0 Å². The van der Waals surface area contributed by atoms with Crippen LogP contribution in [0.2, 0.25) is 10.0 Å². The zero-order valence-corrected chi connectivity index (χ0v) is 12.1. The third-order valence-electron chi connectivity index (χ3n) is 1.48. The van der Waals surface area contributed by atoms with E-state index >= 15 is 0 Å². The predicted octanol–water partition coefficient (Wildman–Crippen LogP) is -1.19. The maximum Gasteiger partial charge on any atom is 1.00 e. The molecule has 16 heavy (non-hydrogen) atoms. The number of rotatable bonds is 2. The minimum Gasteiger partial charge on any atom is -0.744 e. The Balaban J connectivity index is 0.00000225. The van der Waals surface area contributed by atoms with Gasteiger partial charge in [0.15, 0.2) is 0 Å². The summed E-state index contributed by atoms with van der Waals surface area (Å²) in [6.07, 6.45) is 0. The number of nitro benzene ring substituents is 1. The van der Waals surface area contributed by atoms with Crippen LogP contribution in [0.25, 0.3) is 0 Å². The van der Waals surface area contributed by atoms with Crippen LogP contribution in [-0.4, -0.2) is 17.9 Å². The monoisotopic (exact) mass is 293 g/mol. The minimum absolute atomic E-state index is 0. The van der Waals surface area contributed by atoms with E-state index in [4.69, 9.17) is 23.2 Å². The Bertz CT molecular complexity index is 532. The summed E-state index contributed by atoms with van der Waals surface area (Å²) in [5, 5.41) is 9.17. The fourth-order valence-electron chi connectivity index (χ4n) is 0.892. The average Bonchev–Trinajstić information content (AvgIpc) is 2.00. The van der Waals surface area contributed by atoms with Crippen LogP contribution in [0.5, 0.6) is 0 Å². The number of nitrogens with zero attached hydrogens (tertiary/aromatic N) is 1. The summed E-state index contributed by atoms with van der Waals surface area (Å²) in [5.41, 5.74) is -0.685. The van der Waals surface area contributed by atoms with Crippen LogP contribution >= 0.6 is 23.2 Å². The summed E-state index contributed by atoms with van der Waals surface area (Å²) in [6.45, 7) is 0. The molecule has 0 aliphatic heterocycles. The van der Waals surface area contributed by atoms with E-state index in [-0.39, 0.29) is 29.6 Å². The summed E-state index contributed by atoms with van der Waals surface area (Å²) >= 11 is 10.8. The van der Waals surface area contributed by atoms with Gasteiger partial charge in [-0.1, -0.05) is 23.2 Å². The molecule has 0 fully saturated rings. The summed E-state index contributed by atoms with van der Waals surface area (Å²) in [4.78, 5) is 8.51. The van der Waals surface area contributed by atoms with Crippen LogP contribution in [0.4, 0.5) is 5.69 Å². The largest absolute Gasteiger partial charge is 1.00 e. The van der Waals surface area contributed by atoms with E-state index < -0.39 is 35.7 Å². The minimum atomic E-state index is -4.94. The Hall–Kier alpha value is 0.110. The van der Waals surface area contributed by atoms with Gasteiger partial charge in [0.2, 0.25) is 0 Å². The van der Waals surface area contributed by atoms with Gasteiger partial charge in [0.25, 0.3) is 5.69 Å². The van der Waals surface area contributed by atoms with E-state index in [0.29, 0.717) is 0 Å². The third kappa shape index (κ3) is 3.30. The van der Waals surface area contributed by atoms with E-state index in [1.54, 1.807) is 0 Å². The van der Waals surface area contributed by atoms with Crippen molar-refractivity contribution in [3.05, 3.63) is 32.3 Å². The van der Waals surface area contributed by atoms with E-state index in [9.17, 15) is 23.1 Å². The molecule has 10 heteroatoms. The molecule has 0 aromatic heterocycles. The molecule has 6 nitrogen and oxygen atoms in total. The Labute approximate surface area is 123 Å². The second-order valence-corrected chi connectivity index (χ2v) is 4.52. The van der Waals surface area contributed by atoms with Crippen LogP contribution < -0.4 is 29.6 Å². The van der Waals surface area contributed by atoms with Crippen LogP contribution in [-0.2, 0) is 10.1 Å². The number of nitro groups is 1. The van der Waals surface area contributed by atoms with Gasteiger partial charge in [0.1, 0.15) is 15.1 Å². The molecule has 1 rings (SSSR count). The van der Waals surface area contributed by atoms with Crippen LogP contribution in [0.15, 0.2) is 17.0 Å². The first kappa shape index (κ1) is 16.1. The van der Waals surface area contributed by atoms with E-state index in [1.807, 2.05) is 0 Å². The van der Waals surface area contributed by atoms with E-state index in [0.717, 1.165) is 12.1 Å². The smallest absolute Gasteiger partial charge is 0.744 e. The van der Waals surface area contributed by atoms with Gasteiger partial charge >= 0.3 is 29.6 Å². The molecule has 1 aromatic carbocycles. The van der Waals surface area contributed by atoms with E-state index in [1.165, 1.54) is 0 Å². The molecule has 0 N–H and O–H groups in total. The summed E-state index contributed by atoms with van der Waals surface area (Å²) < 4.78 is 32.1. The van der Waals surface area contributed by atoms with Gasteiger partial charge in [-0.15, -0.1) is 0 Å². The molecule has 0 aliphatic rings. The molecule has 0 amide bonds. The van der Waals surface area contributed by atoms with Crippen molar-refractivity contribution < 1.29 is 47.5 Å². The number of hydrogen-bond acceptors (Lipinski definition) is 5. The first-order chi connectivity index (χ1) is 6.75. The van der Waals surface area contributed by atoms with Crippen molar-refractivity contribution >= 4 is 39.0 Å². The molecule has 0 saturated carbocycles.